The van der Waals surface area contributed by atoms with Gasteiger partial charge < -0.3 is 4.90 Å². The molecular formula is C18H22N4O3S. The molecule has 0 saturated carbocycles. The fraction of sp³-hybridized carbons (Fsp3) is 0.389. The monoisotopic (exact) mass is 374 g/mol. The summed E-state index contributed by atoms with van der Waals surface area (Å²) in [6.07, 6.45) is 6.54. The van der Waals surface area contributed by atoms with Crippen LogP contribution in [0.4, 0.5) is 0 Å². The summed E-state index contributed by atoms with van der Waals surface area (Å²) in [7, 11) is -2.25. The van der Waals surface area contributed by atoms with E-state index in [1.165, 1.54) is 42.1 Å². The standard InChI is InChI=1S/C18H22N4O3S/c1-14-5-4-10-22(14)18(23)15-6-3-7-17(11-15)26(24,25)21(2)13-16-12-19-8-9-20-16/h3,6-9,11-12,14H,4-5,10,13H2,1-2H3/t14-/m1/s1. The van der Waals surface area contributed by atoms with Crippen LogP contribution in [-0.2, 0) is 16.6 Å². The number of nitrogens with zero attached hydrogens (tertiary/aromatic N) is 4. The molecule has 1 amide bonds. The van der Waals surface area contributed by atoms with Gasteiger partial charge in [-0.15, -0.1) is 0 Å². The van der Waals surface area contributed by atoms with E-state index in [1.807, 2.05) is 6.92 Å². The van der Waals surface area contributed by atoms with E-state index in [1.54, 1.807) is 17.0 Å². The van der Waals surface area contributed by atoms with Crippen molar-refractivity contribution in [3.05, 3.63) is 54.1 Å². The molecule has 1 fully saturated rings. The molecule has 1 aliphatic heterocycles. The van der Waals surface area contributed by atoms with Crippen LogP contribution in [0.2, 0.25) is 0 Å². The number of benzene rings is 1. The number of likely N-dealkylation sites (tertiary alicyclic amines) is 1. The van der Waals surface area contributed by atoms with Gasteiger partial charge in [-0.2, -0.15) is 4.31 Å². The second-order valence-electron chi connectivity index (χ2n) is 6.48. The highest BCUT2D eigenvalue weighted by molar-refractivity contribution is 7.89. The summed E-state index contributed by atoms with van der Waals surface area (Å²) in [5.74, 6) is -0.122. The van der Waals surface area contributed by atoms with Crippen LogP contribution in [0.15, 0.2) is 47.8 Å². The molecule has 138 valence electrons. The number of carbonyl (C=O) groups is 1. The van der Waals surface area contributed by atoms with Crippen molar-refractivity contribution in [2.24, 2.45) is 0 Å². The van der Waals surface area contributed by atoms with Crippen molar-refractivity contribution in [1.29, 1.82) is 0 Å². The van der Waals surface area contributed by atoms with Gasteiger partial charge in [0.2, 0.25) is 10.0 Å². The Labute approximate surface area is 153 Å². The summed E-state index contributed by atoms with van der Waals surface area (Å²) < 4.78 is 26.9. The van der Waals surface area contributed by atoms with E-state index in [-0.39, 0.29) is 23.4 Å². The molecule has 8 heteroatoms. The lowest BCUT2D eigenvalue weighted by Crippen LogP contribution is -2.34. The number of aromatic nitrogens is 2. The fourth-order valence-electron chi connectivity index (χ4n) is 3.10. The lowest BCUT2D eigenvalue weighted by atomic mass is 10.2. The first-order chi connectivity index (χ1) is 12.4. The molecule has 1 atom stereocenters. The highest BCUT2D eigenvalue weighted by Crippen LogP contribution is 2.22. The molecule has 0 bridgehead atoms. The lowest BCUT2D eigenvalue weighted by Gasteiger charge is -2.22. The first-order valence-electron chi connectivity index (χ1n) is 8.52. The number of sulfonamides is 1. The molecule has 2 aromatic rings. The van der Waals surface area contributed by atoms with Gasteiger partial charge >= 0.3 is 0 Å². The van der Waals surface area contributed by atoms with E-state index in [2.05, 4.69) is 9.97 Å². The minimum absolute atomic E-state index is 0.0987. The van der Waals surface area contributed by atoms with E-state index < -0.39 is 10.0 Å². The summed E-state index contributed by atoms with van der Waals surface area (Å²) in [6, 6.07) is 6.41. The molecule has 0 N–H and O–H groups in total. The van der Waals surface area contributed by atoms with E-state index >= 15 is 0 Å². The van der Waals surface area contributed by atoms with Crippen LogP contribution in [-0.4, -0.2) is 53.1 Å². The molecule has 0 radical (unpaired) electrons. The van der Waals surface area contributed by atoms with Crippen molar-refractivity contribution in [2.45, 2.75) is 37.2 Å². The van der Waals surface area contributed by atoms with Crippen LogP contribution in [0, 0.1) is 0 Å². The largest absolute Gasteiger partial charge is 0.336 e. The van der Waals surface area contributed by atoms with Crippen LogP contribution in [0.25, 0.3) is 0 Å². The van der Waals surface area contributed by atoms with Gasteiger partial charge in [0.1, 0.15) is 0 Å². The zero-order valence-corrected chi connectivity index (χ0v) is 15.7. The van der Waals surface area contributed by atoms with Gasteiger partial charge in [-0.05, 0) is 38.0 Å². The second kappa shape index (κ2) is 7.51. The lowest BCUT2D eigenvalue weighted by molar-refractivity contribution is 0.0747. The number of carbonyl (C=O) groups excluding carboxylic acids is 1. The van der Waals surface area contributed by atoms with Crippen LogP contribution in [0.1, 0.15) is 35.8 Å². The number of rotatable bonds is 5. The summed E-state index contributed by atoms with van der Waals surface area (Å²) in [4.78, 5) is 22.6. The van der Waals surface area contributed by atoms with E-state index in [0.29, 0.717) is 17.8 Å². The molecule has 1 aromatic carbocycles. The van der Waals surface area contributed by atoms with Gasteiger partial charge in [-0.1, -0.05) is 6.07 Å². The maximum atomic E-state index is 12.8. The molecule has 0 spiro atoms. The second-order valence-corrected chi connectivity index (χ2v) is 8.52. The first kappa shape index (κ1) is 18.5. The number of amides is 1. The summed E-state index contributed by atoms with van der Waals surface area (Å²) >= 11 is 0. The van der Waals surface area contributed by atoms with E-state index in [9.17, 15) is 13.2 Å². The van der Waals surface area contributed by atoms with Gasteiger partial charge in [-0.25, -0.2) is 8.42 Å². The van der Waals surface area contributed by atoms with Gasteiger partial charge in [-0.3, -0.25) is 14.8 Å². The average molecular weight is 374 g/mol. The Morgan fingerprint density at radius 3 is 2.81 bits per heavy atom. The van der Waals surface area contributed by atoms with Gasteiger partial charge in [0.15, 0.2) is 0 Å². The van der Waals surface area contributed by atoms with Gasteiger partial charge in [0.25, 0.3) is 5.91 Å². The van der Waals surface area contributed by atoms with Crippen LogP contribution >= 0.6 is 0 Å². The summed E-state index contributed by atoms with van der Waals surface area (Å²) in [5.41, 5.74) is 0.949. The Morgan fingerprint density at radius 2 is 2.15 bits per heavy atom. The Bertz CT molecular complexity index is 886. The molecule has 2 heterocycles. The smallest absolute Gasteiger partial charge is 0.254 e. The zero-order valence-electron chi connectivity index (χ0n) is 14.9. The minimum atomic E-state index is -3.74. The fourth-order valence-corrected chi connectivity index (χ4v) is 4.28. The molecule has 0 aliphatic carbocycles. The Kier molecular flexibility index (Phi) is 5.33. The highest BCUT2D eigenvalue weighted by atomic mass is 32.2. The maximum Gasteiger partial charge on any atom is 0.254 e. The minimum Gasteiger partial charge on any atom is -0.336 e. The van der Waals surface area contributed by atoms with Crippen LogP contribution < -0.4 is 0 Å². The third-order valence-electron chi connectivity index (χ3n) is 4.60. The Hall–Kier alpha value is -2.32. The van der Waals surface area contributed by atoms with Crippen LogP contribution in [0.3, 0.4) is 0 Å². The van der Waals surface area contributed by atoms with Crippen LogP contribution in [0.5, 0.6) is 0 Å². The third kappa shape index (κ3) is 3.76. The number of hydrogen-bond donors (Lipinski definition) is 0. The van der Waals surface area contributed by atoms with Crippen molar-refractivity contribution < 1.29 is 13.2 Å². The molecule has 7 nitrogen and oxygen atoms in total. The topological polar surface area (TPSA) is 83.5 Å². The normalized spacial score (nSPS) is 17.7. The van der Waals surface area contributed by atoms with E-state index in [0.717, 1.165) is 12.8 Å². The maximum absolute atomic E-state index is 12.8. The predicted octanol–water partition coefficient (Wildman–Crippen LogP) is 1.92. The molecule has 0 unspecified atom stereocenters. The predicted molar refractivity (Wildman–Crippen MR) is 96.9 cm³/mol. The first-order valence-corrected chi connectivity index (χ1v) is 9.96. The van der Waals surface area contributed by atoms with Gasteiger partial charge in [0, 0.05) is 43.8 Å². The van der Waals surface area contributed by atoms with Crippen molar-refractivity contribution in [3.8, 4) is 0 Å². The van der Waals surface area contributed by atoms with E-state index in [4.69, 9.17) is 0 Å². The molecule has 3 rings (SSSR count). The molecule has 1 aliphatic rings. The van der Waals surface area contributed by atoms with Crippen molar-refractivity contribution in [2.75, 3.05) is 13.6 Å². The Morgan fingerprint density at radius 1 is 1.35 bits per heavy atom. The zero-order chi connectivity index (χ0) is 18.7. The molecule has 1 saturated heterocycles. The van der Waals surface area contributed by atoms with Crippen molar-refractivity contribution in [3.63, 3.8) is 0 Å². The molecular weight excluding hydrogens is 352 g/mol. The third-order valence-corrected chi connectivity index (χ3v) is 6.40. The molecule has 1 aromatic heterocycles. The number of hydrogen-bond acceptors (Lipinski definition) is 5. The highest BCUT2D eigenvalue weighted by Gasteiger charge is 2.28. The molecule has 26 heavy (non-hydrogen) atoms. The summed E-state index contributed by atoms with van der Waals surface area (Å²) in [6.45, 7) is 2.83. The Balaban J connectivity index is 1.83. The van der Waals surface area contributed by atoms with Gasteiger partial charge in [0.05, 0.1) is 17.1 Å². The average Bonchev–Trinajstić information content (AvgIpc) is 3.08. The van der Waals surface area contributed by atoms with Crippen molar-refractivity contribution in [1.82, 2.24) is 19.2 Å². The van der Waals surface area contributed by atoms with Crippen molar-refractivity contribution >= 4 is 15.9 Å². The SMILES string of the molecule is C[C@@H]1CCCN1C(=O)c1cccc(S(=O)(=O)N(C)Cc2cnccn2)c1. The quantitative estimate of drug-likeness (QED) is 0.798. The summed E-state index contributed by atoms with van der Waals surface area (Å²) in [5, 5.41) is 0.